The molecule has 1 aromatic heterocycles. The van der Waals surface area contributed by atoms with Crippen molar-refractivity contribution in [2.75, 3.05) is 12.1 Å². The van der Waals surface area contributed by atoms with Crippen LogP contribution < -0.4 is 5.01 Å². The van der Waals surface area contributed by atoms with E-state index in [9.17, 15) is 4.79 Å². The molecule has 0 saturated carbocycles. The van der Waals surface area contributed by atoms with Gasteiger partial charge in [0.15, 0.2) is 7.05 Å². The summed E-state index contributed by atoms with van der Waals surface area (Å²) in [5, 5.41) is 6.33. The molecule has 6 heteroatoms. The van der Waals surface area contributed by atoms with Crippen LogP contribution in [0.2, 0.25) is 0 Å². The van der Waals surface area contributed by atoms with Crippen LogP contribution in [0.15, 0.2) is 65.7 Å². The van der Waals surface area contributed by atoms with Crippen molar-refractivity contribution in [2.24, 2.45) is 4.99 Å². The predicted molar refractivity (Wildman–Crippen MR) is 115 cm³/mol. The Kier molecular flexibility index (Phi) is 4.84. The summed E-state index contributed by atoms with van der Waals surface area (Å²) in [5.41, 5.74) is 5.54. The first kappa shape index (κ1) is 18.8. The van der Waals surface area contributed by atoms with Gasteiger partial charge in [-0.2, -0.15) is 5.10 Å². The number of carbonyl (C=O) groups is 1. The zero-order chi connectivity index (χ0) is 20.5. The summed E-state index contributed by atoms with van der Waals surface area (Å²) in [6.45, 7) is 5.92. The first-order valence-corrected chi connectivity index (χ1v) is 9.60. The van der Waals surface area contributed by atoms with E-state index in [1.54, 1.807) is 11.2 Å². The molecule has 1 aliphatic rings. The number of benzene rings is 2. The summed E-state index contributed by atoms with van der Waals surface area (Å²) in [4.78, 5) is 17.7. The third kappa shape index (κ3) is 3.27. The van der Waals surface area contributed by atoms with Crippen molar-refractivity contribution in [2.45, 2.75) is 26.8 Å². The fraction of sp³-hybridized carbons (Fsp3) is 0.217. The van der Waals surface area contributed by atoms with Gasteiger partial charge in [0, 0.05) is 18.7 Å². The molecule has 0 unspecified atom stereocenters. The zero-order valence-corrected chi connectivity index (χ0v) is 17.1. The third-order valence-electron chi connectivity index (χ3n) is 5.35. The van der Waals surface area contributed by atoms with Crippen molar-refractivity contribution in [3.63, 3.8) is 0 Å². The number of hydrazone groups is 1. The molecule has 3 aromatic rings. The molecule has 1 aliphatic heterocycles. The van der Waals surface area contributed by atoms with E-state index in [4.69, 9.17) is 0 Å². The lowest BCUT2D eigenvalue weighted by molar-refractivity contribution is -0.495. The molecule has 146 valence electrons. The smallest absolute Gasteiger partial charge is 0.268 e. The molecule has 0 fully saturated rings. The summed E-state index contributed by atoms with van der Waals surface area (Å²) in [6, 6.07) is 19.1. The fourth-order valence-electron chi connectivity index (χ4n) is 3.63. The van der Waals surface area contributed by atoms with Crippen LogP contribution in [0.3, 0.4) is 0 Å². The van der Waals surface area contributed by atoms with Crippen molar-refractivity contribution < 1.29 is 9.48 Å². The first-order chi connectivity index (χ1) is 14.0. The molecule has 0 bridgehead atoms. The van der Waals surface area contributed by atoms with Gasteiger partial charge in [-0.15, -0.1) is 4.68 Å². The SMILES string of the molecule is CC1=[N+](C)N(c2ccccc2)C(=O)[C@@H]1N=Cc1c(C)nn(-c2ccccc2)c1C. The molecule has 1 amide bonds. The number of para-hydroxylation sites is 2. The lowest BCUT2D eigenvalue weighted by Crippen LogP contribution is -2.35. The topological polar surface area (TPSA) is 53.5 Å². The van der Waals surface area contributed by atoms with Crippen LogP contribution in [0.4, 0.5) is 5.69 Å². The van der Waals surface area contributed by atoms with E-state index in [1.165, 1.54) is 0 Å². The van der Waals surface area contributed by atoms with Gasteiger partial charge in [-0.1, -0.05) is 41.4 Å². The lowest BCUT2D eigenvalue weighted by atomic mass is 10.1. The maximum atomic E-state index is 13.1. The maximum Gasteiger partial charge on any atom is 0.318 e. The molecule has 0 N–H and O–H groups in total. The van der Waals surface area contributed by atoms with E-state index in [0.29, 0.717) is 0 Å². The van der Waals surface area contributed by atoms with E-state index in [0.717, 1.165) is 34.0 Å². The molecule has 1 atom stereocenters. The minimum atomic E-state index is -0.543. The highest BCUT2D eigenvalue weighted by Gasteiger charge is 2.44. The second-order valence-corrected chi connectivity index (χ2v) is 7.16. The number of hydrazine groups is 1. The van der Waals surface area contributed by atoms with Gasteiger partial charge in [-0.25, -0.2) is 4.68 Å². The van der Waals surface area contributed by atoms with Gasteiger partial charge in [0.05, 0.1) is 17.1 Å². The standard InChI is InChI=1S/C23H24N5O/c1-16-21(17(2)27(25-16)19-11-7-5-8-12-19)15-24-22-18(3)26(4)28(23(22)29)20-13-9-6-10-14-20/h5-15,22H,1-4H3/q+1/t22-/m1/s1. The number of aliphatic imine (C=N–C) groups is 1. The number of rotatable bonds is 4. The predicted octanol–water partition coefficient (Wildman–Crippen LogP) is 3.34. The minimum Gasteiger partial charge on any atom is -0.268 e. The molecule has 0 aliphatic carbocycles. The number of aromatic nitrogens is 2. The Bertz CT molecular complexity index is 1110. The van der Waals surface area contributed by atoms with Gasteiger partial charge in [0.1, 0.15) is 5.69 Å². The summed E-state index contributed by atoms with van der Waals surface area (Å²) < 4.78 is 3.78. The monoisotopic (exact) mass is 386 g/mol. The lowest BCUT2D eigenvalue weighted by Gasteiger charge is -2.10. The van der Waals surface area contributed by atoms with Crippen LogP contribution in [-0.2, 0) is 4.79 Å². The van der Waals surface area contributed by atoms with Crippen molar-refractivity contribution in [1.29, 1.82) is 0 Å². The molecule has 2 heterocycles. The number of amides is 1. The van der Waals surface area contributed by atoms with Crippen molar-refractivity contribution >= 4 is 23.5 Å². The van der Waals surface area contributed by atoms with E-state index in [2.05, 4.69) is 10.1 Å². The Balaban J connectivity index is 1.65. The molecule has 29 heavy (non-hydrogen) atoms. The Morgan fingerprint density at radius 1 is 0.966 bits per heavy atom. The molecule has 4 rings (SSSR count). The molecule has 0 radical (unpaired) electrons. The first-order valence-electron chi connectivity index (χ1n) is 9.60. The quantitative estimate of drug-likeness (QED) is 0.510. The number of hydrogen-bond acceptors (Lipinski definition) is 3. The fourth-order valence-corrected chi connectivity index (χ4v) is 3.63. The van der Waals surface area contributed by atoms with Gasteiger partial charge >= 0.3 is 5.91 Å². The highest BCUT2D eigenvalue weighted by atomic mass is 16.2. The maximum absolute atomic E-state index is 13.1. The van der Waals surface area contributed by atoms with Crippen LogP contribution >= 0.6 is 0 Å². The van der Waals surface area contributed by atoms with E-state index in [1.807, 2.05) is 97.8 Å². The van der Waals surface area contributed by atoms with E-state index in [-0.39, 0.29) is 5.91 Å². The van der Waals surface area contributed by atoms with Crippen molar-refractivity contribution in [3.05, 3.63) is 77.6 Å². The van der Waals surface area contributed by atoms with Crippen LogP contribution in [0.25, 0.3) is 5.69 Å². The molecule has 0 saturated heterocycles. The Morgan fingerprint density at radius 2 is 1.55 bits per heavy atom. The van der Waals surface area contributed by atoms with Crippen LogP contribution in [0.5, 0.6) is 0 Å². The Morgan fingerprint density at radius 3 is 2.17 bits per heavy atom. The minimum absolute atomic E-state index is 0.0572. The highest BCUT2D eigenvalue weighted by Crippen LogP contribution is 2.22. The second kappa shape index (κ2) is 7.47. The Hall–Kier alpha value is -3.54. The van der Waals surface area contributed by atoms with Gasteiger partial charge < -0.3 is 0 Å². The normalized spacial score (nSPS) is 17.0. The molecule has 6 nitrogen and oxygen atoms in total. The van der Waals surface area contributed by atoms with Gasteiger partial charge in [0.2, 0.25) is 11.8 Å². The second-order valence-electron chi connectivity index (χ2n) is 7.16. The summed E-state index contributed by atoms with van der Waals surface area (Å²) in [5.74, 6) is -0.0572. The van der Waals surface area contributed by atoms with Crippen molar-refractivity contribution in [1.82, 2.24) is 9.78 Å². The zero-order valence-electron chi connectivity index (χ0n) is 17.1. The average molecular weight is 386 g/mol. The molecular weight excluding hydrogens is 362 g/mol. The molecule has 0 spiro atoms. The van der Waals surface area contributed by atoms with Gasteiger partial charge in [0.25, 0.3) is 0 Å². The van der Waals surface area contributed by atoms with E-state index < -0.39 is 6.04 Å². The van der Waals surface area contributed by atoms with Crippen LogP contribution in [0.1, 0.15) is 23.9 Å². The van der Waals surface area contributed by atoms with Crippen LogP contribution in [0, 0.1) is 13.8 Å². The average Bonchev–Trinajstić information content (AvgIpc) is 3.14. The largest absolute Gasteiger partial charge is 0.318 e. The summed E-state index contributed by atoms with van der Waals surface area (Å²) >= 11 is 0. The van der Waals surface area contributed by atoms with Gasteiger partial charge in [-0.3, -0.25) is 9.79 Å². The molecular formula is C23H24N5O+. The number of hydrogen-bond donors (Lipinski definition) is 0. The van der Waals surface area contributed by atoms with Gasteiger partial charge in [-0.05, 0) is 38.1 Å². The van der Waals surface area contributed by atoms with Crippen molar-refractivity contribution in [3.8, 4) is 5.69 Å². The van der Waals surface area contributed by atoms with Crippen LogP contribution in [-0.4, -0.2) is 45.4 Å². The highest BCUT2D eigenvalue weighted by molar-refractivity contribution is 6.15. The van der Waals surface area contributed by atoms with E-state index >= 15 is 0 Å². The third-order valence-corrected chi connectivity index (χ3v) is 5.35. The Labute approximate surface area is 170 Å². The number of nitrogens with zero attached hydrogens (tertiary/aromatic N) is 5. The number of aryl methyl sites for hydroxylation is 1. The summed E-state index contributed by atoms with van der Waals surface area (Å²) in [7, 11) is 1.89. The molecule has 2 aromatic carbocycles. The number of anilines is 1. The number of carbonyl (C=O) groups excluding carboxylic acids is 1. The summed E-state index contributed by atoms with van der Waals surface area (Å²) in [6.07, 6.45) is 1.78.